The average molecular weight is 314 g/mol. The van der Waals surface area contributed by atoms with Crippen LogP contribution in [0.1, 0.15) is 17.3 Å². The van der Waals surface area contributed by atoms with Crippen molar-refractivity contribution in [2.24, 2.45) is 5.92 Å². The van der Waals surface area contributed by atoms with Crippen molar-refractivity contribution in [1.29, 1.82) is 0 Å². The summed E-state index contributed by atoms with van der Waals surface area (Å²) in [6.45, 7) is 4.01. The summed E-state index contributed by atoms with van der Waals surface area (Å²) in [7, 11) is 0. The number of carbonyl (C=O) groups is 1. The first-order chi connectivity index (χ1) is 8.16. The van der Waals surface area contributed by atoms with Gasteiger partial charge in [0.1, 0.15) is 0 Å². The van der Waals surface area contributed by atoms with E-state index in [9.17, 15) is 4.79 Å². The minimum atomic E-state index is 0.0786. The molecule has 0 saturated carbocycles. The van der Waals surface area contributed by atoms with Crippen LogP contribution in [0.5, 0.6) is 0 Å². The van der Waals surface area contributed by atoms with Crippen molar-refractivity contribution in [1.82, 2.24) is 4.90 Å². The maximum Gasteiger partial charge on any atom is 0.166 e. The molecule has 1 aromatic rings. The molecule has 0 bridgehead atoms. The maximum atomic E-state index is 12.2. The molecule has 1 heterocycles. The van der Waals surface area contributed by atoms with Gasteiger partial charge in [0.05, 0.1) is 0 Å². The normalized spacial score (nSPS) is 18.2. The van der Waals surface area contributed by atoms with Gasteiger partial charge in [-0.2, -0.15) is 0 Å². The molecule has 0 amide bonds. The van der Waals surface area contributed by atoms with E-state index < -0.39 is 0 Å². The van der Waals surface area contributed by atoms with Gasteiger partial charge in [-0.15, -0.1) is 11.8 Å². The first-order valence-electron chi connectivity index (χ1n) is 5.76. The van der Waals surface area contributed by atoms with E-state index >= 15 is 0 Å². The van der Waals surface area contributed by atoms with Crippen LogP contribution in [-0.2, 0) is 0 Å². The molecule has 1 fully saturated rings. The van der Waals surface area contributed by atoms with Crippen LogP contribution in [0.3, 0.4) is 0 Å². The molecular weight excluding hydrogens is 298 g/mol. The largest absolute Gasteiger partial charge is 0.294 e. The first-order valence-corrected chi connectivity index (χ1v) is 7.71. The highest BCUT2D eigenvalue weighted by atomic mass is 79.9. The van der Waals surface area contributed by atoms with Gasteiger partial charge in [-0.05, 0) is 12.1 Å². The Bertz CT molecular complexity index is 387. The highest BCUT2D eigenvalue weighted by molar-refractivity contribution is 9.10. The van der Waals surface area contributed by atoms with Crippen LogP contribution in [0, 0.1) is 5.92 Å². The number of hydrogen-bond donors (Lipinski definition) is 0. The van der Waals surface area contributed by atoms with Gasteiger partial charge in [0, 0.05) is 40.7 Å². The number of benzene rings is 1. The Morgan fingerprint density at radius 3 is 2.76 bits per heavy atom. The van der Waals surface area contributed by atoms with Gasteiger partial charge < -0.3 is 0 Å². The highest BCUT2D eigenvalue weighted by Crippen LogP contribution is 2.18. The van der Waals surface area contributed by atoms with Crippen molar-refractivity contribution in [2.45, 2.75) is 6.92 Å². The summed E-state index contributed by atoms with van der Waals surface area (Å²) in [6, 6.07) is 7.63. The summed E-state index contributed by atoms with van der Waals surface area (Å²) in [5, 5.41) is 0. The fraction of sp³-hybridized carbons (Fsp3) is 0.462. The minimum Gasteiger partial charge on any atom is -0.294 e. The molecule has 0 spiro atoms. The fourth-order valence-electron chi connectivity index (χ4n) is 1.96. The number of hydrogen-bond acceptors (Lipinski definition) is 3. The zero-order valence-electron chi connectivity index (χ0n) is 9.86. The number of rotatable bonds is 4. The second kappa shape index (κ2) is 6.03. The second-order valence-electron chi connectivity index (χ2n) is 4.39. The highest BCUT2D eigenvalue weighted by Gasteiger charge is 2.20. The standard InChI is InChI=1S/C13H16BrNOS/c1-10(8-15-6-7-17-9-15)13(16)11-2-4-12(14)5-3-11/h2-5,10H,6-9H2,1H3. The van der Waals surface area contributed by atoms with Crippen LogP contribution < -0.4 is 0 Å². The molecule has 92 valence electrons. The van der Waals surface area contributed by atoms with Crippen molar-refractivity contribution in [3.8, 4) is 0 Å². The zero-order chi connectivity index (χ0) is 12.3. The van der Waals surface area contributed by atoms with Gasteiger partial charge in [0.25, 0.3) is 0 Å². The molecule has 1 atom stereocenters. The third kappa shape index (κ3) is 3.57. The molecule has 0 aliphatic carbocycles. The van der Waals surface area contributed by atoms with E-state index in [0.717, 1.165) is 29.0 Å². The lowest BCUT2D eigenvalue weighted by atomic mass is 9.99. The Labute approximate surface area is 115 Å². The van der Waals surface area contributed by atoms with Gasteiger partial charge in [-0.1, -0.05) is 35.0 Å². The molecule has 1 unspecified atom stereocenters. The number of Topliss-reactive ketones (excluding diaryl/α,β-unsaturated/α-hetero) is 1. The summed E-state index contributed by atoms with van der Waals surface area (Å²) in [6.07, 6.45) is 0. The van der Waals surface area contributed by atoms with Gasteiger partial charge in [0.15, 0.2) is 5.78 Å². The molecule has 1 aliphatic heterocycles. The Morgan fingerprint density at radius 1 is 1.47 bits per heavy atom. The third-order valence-corrected chi connectivity index (χ3v) is 4.48. The molecule has 17 heavy (non-hydrogen) atoms. The van der Waals surface area contributed by atoms with Crippen LogP contribution in [0.25, 0.3) is 0 Å². The Morgan fingerprint density at radius 2 is 2.18 bits per heavy atom. The van der Waals surface area contributed by atoms with Crippen LogP contribution >= 0.6 is 27.7 Å². The second-order valence-corrected chi connectivity index (χ2v) is 6.38. The predicted octanol–water partition coefficient (Wildman–Crippen LogP) is 3.27. The van der Waals surface area contributed by atoms with Crippen molar-refractivity contribution >= 4 is 33.5 Å². The van der Waals surface area contributed by atoms with Gasteiger partial charge in [0.2, 0.25) is 0 Å². The number of ketones is 1. The van der Waals surface area contributed by atoms with Gasteiger partial charge in [-0.25, -0.2) is 0 Å². The van der Waals surface area contributed by atoms with Crippen LogP contribution in [0.4, 0.5) is 0 Å². The summed E-state index contributed by atoms with van der Waals surface area (Å²) >= 11 is 5.32. The molecule has 0 N–H and O–H groups in total. The van der Waals surface area contributed by atoms with Crippen molar-refractivity contribution in [3.63, 3.8) is 0 Å². The van der Waals surface area contributed by atoms with E-state index in [1.807, 2.05) is 43.0 Å². The van der Waals surface area contributed by atoms with Gasteiger partial charge in [-0.3, -0.25) is 9.69 Å². The van der Waals surface area contributed by atoms with E-state index in [-0.39, 0.29) is 11.7 Å². The molecule has 0 aromatic heterocycles. The molecule has 2 nitrogen and oxygen atoms in total. The average Bonchev–Trinajstić information content (AvgIpc) is 2.82. The number of carbonyl (C=O) groups excluding carboxylic acids is 1. The first kappa shape index (κ1) is 13.1. The van der Waals surface area contributed by atoms with E-state index in [4.69, 9.17) is 0 Å². The minimum absolute atomic E-state index is 0.0786. The predicted molar refractivity (Wildman–Crippen MR) is 76.5 cm³/mol. The lowest BCUT2D eigenvalue weighted by molar-refractivity contribution is 0.0905. The zero-order valence-corrected chi connectivity index (χ0v) is 12.3. The Balaban J connectivity index is 1.96. The van der Waals surface area contributed by atoms with Crippen LogP contribution in [-0.4, -0.2) is 35.4 Å². The van der Waals surface area contributed by atoms with E-state index in [1.165, 1.54) is 5.75 Å². The summed E-state index contributed by atoms with van der Waals surface area (Å²) in [5.41, 5.74) is 0.813. The smallest absolute Gasteiger partial charge is 0.166 e. The number of nitrogens with zero attached hydrogens (tertiary/aromatic N) is 1. The maximum absolute atomic E-state index is 12.2. The lowest BCUT2D eigenvalue weighted by Crippen LogP contribution is -2.29. The summed E-state index contributed by atoms with van der Waals surface area (Å²) < 4.78 is 1.01. The Hall–Kier alpha value is -0.320. The third-order valence-electron chi connectivity index (χ3n) is 2.93. The van der Waals surface area contributed by atoms with Crippen molar-refractivity contribution in [3.05, 3.63) is 34.3 Å². The SMILES string of the molecule is CC(CN1CCSC1)C(=O)c1ccc(Br)cc1. The van der Waals surface area contributed by atoms with Crippen LogP contribution in [0.2, 0.25) is 0 Å². The van der Waals surface area contributed by atoms with E-state index in [2.05, 4.69) is 20.8 Å². The molecule has 2 rings (SSSR count). The van der Waals surface area contributed by atoms with Crippen molar-refractivity contribution in [2.75, 3.05) is 24.7 Å². The molecular formula is C13H16BrNOS. The summed E-state index contributed by atoms with van der Waals surface area (Å²) in [5.74, 6) is 2.58. The molecule has 1 aromatic carbocycles. The molecule has 1 saturated heterocycles. The summed E-state index contributed by atoms with van der Waals surface area (Å²) in [4.78, 5) is 14.5. The topological polar surface area (TPSA) is 20.3 Å². The number of thioether (sulfide) groups is 1. The lowest BCUT2D eigenvalue weighted by Gasteiger charge is -2.18. The molecule has 4 heteroatoms. The quantitative estimate of drug-likeness (QED) is 0.796. The number of halogens is 1. The van der Waals surface area contributed by atoms with E-state index in [0.29, 0.717) is 0 Å². The molecule has 0 radical (unpaired) electrons. The van der Waals surface area contributed by atoms with Crippen LogP contribution in [0.15, 0.2) is 28.7 Å². The Kier molecular flexibility index (Phi) is 4.65. The molecule has 1 aliphatic rings. The van der Waals surface area contributed by atoms with Crippen molar-refractivity contribution < 1.29 is 4.79 Å². The van der Waals surface area contributed by atoms with E-state index in [1.54, 1.807) is 0 Å². The fourth-order valence-corrected chi connectivity index (χ4v) is 3.24. The van der Waals surface area contributed by atoms with Gasteiger partial charge >= 0.3 is 0 Å². The monoisotopic (exact) mass is 313 g/mol.